The predicted molar refractivity (Wildman–Crippen MR) is 520 cm³/mol. The van der Waals surface area contributed by atoms with Gasteiger partial charge in [0.25, 0.3) is 0 Å². The third-order valence-corrected chi connectivity index (χ3v) is 29.7. The summed E-state index contributed by atoms with van der Waals surface area (Å²) in [6.45, 7) is 17.9. The number of morpholine rings is 1. The Bertz CT molecular complexity index is 6320. The number of aryl methyl sites for hydroxylation is 1. The van der Waals surface area contributed by atoms with Gasteiger partial charge in [0, 0.05) is 165 Å². The number of ether oxygens (including phenoxy) is 5. The SMILES string of the molecule is CC(C)c1ccc(-c2cnc3nc2NCCCCS(=N)(=O)c2cccc(c2)N3)cc1.CCCOc1ccc(-c2cnc3nc2NCCCCS(=N)(=O)c2cccc(c2)N3)cc1C.COCCOc1ccc(-c2cnc3nc2NCCCCS(=N)(=O)c2cccc(c2)N3)cc1.N=S1(=O)CCCCNc2nc(ncc2-c2ccc(OCCN3CCOCC3)cc2)Nc2cccc1c2. The van der Waals surface area contributed by atoms with Crippen LogP contribution in [0.5, 0.6) is 17.2 Å². The third-order valence-electron chi connectivity index (χ3n) is 22.1. The quantitative estimate of drug-likeness (QED) is 0.0400. The van der Waals surface area contributed by atoms with Crippen LogP contribution < -0.4 is 56.7 Å². The van der Waals surface area contributed by atoms with Crippen LogP contribution in [0, 0.1) is 26.0 Å². The second kappa shape index (κ2) is 44.7. The van der Waals surface area contributed by atoms with Crippen LogP contribution in [0.4, 0.5) is 69.8 Å². The fourth-order valence-electron chi connectivity index (χ4n) is 14.9. The van der Waals surface area contributed by atoms with Gasteiger partial charge in [-0.05, 0) is 213 Å². The van der Waals surface area contributed by atoms with Crippen molar-refractivity contribution < 1.29 is 40.5 Å². The van der Waals surface area contributed by atoms with Gasteiger partial charge < -0.3 is 66.2 Å². The van der Waals surface area contributed by atoms with Crippen molar-refractivity contribution in [2.24, 2.45) is 0 Å². The maximum absolute atomic E-state index is 12.9. The lowest BCUT2D eigenvalue weighted by atomic mass is 9.99. The Hall–Kier alpha value is -12.4. The number of methoxy groups -OCH3 is 1. The van der Waals surface area contributed by atoms with Gasteiger partial charge >= 0.3 is 0 Å². The van der Waals surface area contributed by atoms with Crippen molar-refractivity contribution in [1.82, 2.24) is 44.8 Å². The minimum Gasteiger partial charge on any atom is -0.493 e. The molecule has 12 N–H and O–H groups in total. The summed E-state index contributed by atoms with van der Waals surface area (Å²) in [6, 6.07) is 59.1. The summed E-state index contributed by atoms with van der Waals surface area (Å²) < 4.78 is 112. The summed E-state index contributed by atoms with van der Waals surface area (Å²) in [5.74, 6) is 9.09. The van der Waals surface area contributed by atoms with Crippen LogP contribution in [0.3, 0.4) is 0 Å². The molecule has 0 aliphatic carbocycles. The van der Waals surface area contributed by atoms with Crippen molar-refractivity contribution in [2.45, 2.75) is 111 Å². The third kappa shape index (κ3) is 26.0. The molecular weight excluding hydrogens is 1720 g/mol. The van der Waals surface area contributed by atoms with Gasteiger partial charge in [-0.25, -0.2) is 55.9 Å². The average Bonchev–Trinajstić information content (AvgIpc) is 1.23. The number of anilines is 12. The topological polar surface area (TPSA) is 412 Å². The van der Waals surface area contributed by atoms with E-state index >= 15 is 0 Å². The maximum Gasteiger partial charge on any atom is 0.229 e. The molecule has 5 aliphatic heterocycles. The monoisotopic (exact) mass is 1830 g/mol. The highest BCUT2D eigenvalue weighted by molar-refractivity contribution is 7.93. The van der Waals surface area contributed by atoms with Crippen LogP contribution in [0.25, 0.3) is 44.5 Å². The molecule has 0 saturated carbocycles. The molecule has 0 spiro atoms. The van der Waals surface area contributed by atoms with Gasteiger partial charge in [0.05, 0.1) is 65.3 Å². The summed E-state index contributed by atoms with van der Waals surface area (Å²) >= 11 is 0. The summed E-state index contributed by atoms with van der Waals surface area (Å²) in [7, 11) is -9.64. The standard InChI is InChI=1S/C26H32N6O3S.C24H29N5O2S.C23H27N5O3S.C23H27N5OS/c27-36(33)17-2-1-10-28-25-24(19-29-26(31-25)30-21-4-3-5-23(36)18-21)20-6-8-22(9-7-20)35-16-13-32-11-14-34-15-12-32;1-3-12-31-22-10-9-18(14-17(22)2)21-16-27-24-28-19-7-6-8-20(15-19)32(25,30)13-5-4-11-26-23(21)29-24;1-30-12-13-31-19-9-7-17(8-10-19)21-16-26-23-27-18-5-4-6-20(15-18)32(24,29)14-3-2-11-25-22(21)28-23;1-16(2)17-8-10-18(11-9-17)21-15-26-23-27-19-6-5-7-20(14-19)30(24,29)13-4-3-12-25-22(21)28-23/h3-9,18-19,27H,1-2,10-17H2,(H2,28,29,30,31);6-10,14-16,25H,3-5,11-13H2,1-2H3,(H2,26,27,28,29);4-10,15-16,24H,2-3,11-14H2,1H3,(H2,25,26,27,28);5-11,14-16,24H,3-4,12-13H2,1-2H3,(H2,25,26,27,28). The van der Waals surface area contributed by atoms with Gasteiger partial charge in [0.15, 0.2) is 0 Å². The number of benzene rings is 8. The van der Waals surface area contributed by atoms with Crippen LogP contribution in [-0.2, 0) is 48.4 Å². The van der Waals surface area contributed by atoms with Gasteiger partial charge in [-0.1, -0.05) is 99.6 Å². The first-order chi connectivity index (χ1) is 63.0. The summed E-state index contributed by atoms with van der Waals surface area (Å²) in [4.78, 5) is 41.4. The number of nitrogens with zero attached hydrogens (tertiary/aromatic N) is 9. The summed E-state index contributed by atoms with van der Waals surface area (Å²) in [6.07, 6.45) is 14.2. The zero-order valence-electron chi connectivity index (χ0n) is 74.0. The maximum atomic E-state index is 12.9. The van der Waals surface area contributed by atoms with Gasteiger partial charge in [-0.15, -0.1) is 0 Å². The van der Waals surface area contributed by atoms with E-state index in [1.165, 1.54) is 5.56 Å². The molecule has 30 nitrogen and oxygen atoms in total. The number of hydrogen-bond acceptors (Lipinski definition) is 30. The Kier molecular flexibility index (Phi) is 32.2. The highest BCUT2D eigenvalue weighted by Crippen LogP contribution is 2.37. The van der Waals surface area contributed by atoms with Crippen molar-refractivity contribution in [3.05, 3.63) is 224 Å². The summed E-state index contributed by atoms with van der Waals surface area (Å²) in [5.41, 5.74) is 12.9. The van der Waals surface area contributed by atoms with Gasteiger partial charge in [0.2, 0.25) is 23.8 Å². The molecule has 4 atom stereocenters. The molecular formula is C96H115N21O9S4. The van der Waals surface area contributed by atoms with Crippen LogP contribution in [0.2, 0.25) is 0 Å². The number of rotatable bonds is 16. The van der Waals surface area contributed by atoms with Crippen LogP contribution >= 0.6 is 0 Å². The number of hydrogen-bond donors (Lipinski definition) is 12. The van der Waals surface area contributed by atoms with E-state index in [1.807, 2.05) is 129 Å². The second-order valence-corrected chi connectivity index (χ2v) is 41.2. The number of nitrogens with one attached hydrogen (secondary N) is 12. The van der Waals surface area contributed by atoms with Crippen LogP contribution in [0.15, 0.2) is 232 Å². The van der Waals surface area contributed by atoms with E-state index < -0.39 is 38.9 Å². The van der Waals surface area contributed by atoms with E-state index in [4.69, 9.17) is 57.8 Å². The molecule has 1 saturated heterocycles. The Morgan fingerprint density at radius 3 is 1.08 bits per heavy atom. The normalized spacial score (nSPS) is 19.1. The molecule has 9 heterocycles. The van der Waals surface area contributed by atoms with Crippen molar-refractivity contribution in [3.8, 4) is 61.8 Å². The molecule has 4 aromatic heterocycles. The zero-order valence-corrected chi connectivity index (χ0v) is 77.3. The van der Waals surface area contributed by atoms with Gasteiger partial charge in [-0.3, -0.25) is 4.90 Å². The molecule has 0 radical (unpaired) electrons. The van der Waals surface area contributed by atoms with Crippen molar-refractivity contribution >= 4 is 109 Å². The number of fused-ring (bicyclic) bond motifs is 16. The largest absolute Gasteiger partial charge is 0.493 e. The van der Waals surface area contributed by atoms with E-state index in [2.05, 4.69) is 123 Å². The molecule has 5 aliphatic rings. The smallest absolute Gasteiger partial charge is 0.229 e. The molecule has 4 unspecified atom stereocenters. The Morgan fingerprint density at radius 2 is 0.738 bits per heavy atom. The minimum atomic E-state index is -2.83. The molecule has 1 fully saturated rings. The van der Waals surface area contributed by atoms with E-state index in [-0.39, 0.29) is 0 Å². The molecule has 12 aromatic rings. The second-order valence-electron chi connectivity index (χ2n) is 32.3. The van der Waals surface area contributed by atoms with E-state index in [1.54, 1.807) is 67.9 Å². The fraction of sp³-hybridized carbons (Fsp3) is 0.333. The van der Waals surface area contributed by atoms with Crippen molar-refractivity contribution in [2.75, 3.05) is 158 Å². The van der Waals surface area contributed by atoms with E-state index in [0.717, 1.165) is 161 Å². The first kappa shape index (κ1) is 93.7. The first-order valence-electron chi connectivity index (χ1n) is 44.1. The molecule has 17 rings (SSSR count). The lowest BCUT2D eigenvalue weighted by Crippen LogP contribution is -2.38. The highest BCUT2D eigenvalue weighted by atomic mass is 32.2. The first-order valence-corrected chi connectivity index (χ1v) is 51.0. The van der Waals surface area contributed by atoms with Gasteiger partial charge in [-0.2, -0.15) is 19.9 Å². The lowest BCUT2D eigenvalue weighted by molar-refractivity contribution is 0.0322. The Labute approximate surface area is 762 Å². The minimum absolute atomic E-state index is 0.332. The highest BCUT2D eigenvalue weighted by Gasteiger charge is 2.23. The Morgan fingerprint density at radius 1 is 0.400 bits per heavy atom. The van der Waals surface area contributed by atoms with Crippen molar-refractivity contribution in [1.29, 1.82) is 19.1 Å². The molecule has 8 aromatic carbocycles. The molecule has 682 valence electrons. The van der Waals surface area contributed by atoms with Gasteiger partial charge in [0.1, 0.15) is 53.7 Å². The Balaban J connectivity index is 0.000000140. The predicted octanol–water partition coefficient (Wildman–Crippen LogP) is 20.0. The van der Waals surface area contributed by atoms with Crippen LogP contribution in [0.1, 0.15) is 95.6 Å². The van der Waals surface area contributed by atoms with Crippen molar-refractivity contribution in [3.63, 3.8) is 0 Å². The lowest BCUT2D eigenvalue weighted by Gasteiger charge is -2.26. The number of aromatic nitrogens is 8. The van der Waals surface area contributed by atoms with E-state index in [9.17, 15) is 16.8 Å². The molecule has 16 bridgehead atoms. The zero-order chi connectivity index (χ0) is 90.9. The average molecular weight is 1840 g/mol. The molecule has 34 heteroatoms. The van der Waals surface area contributed by atoms with Crippen LogP contribution in [-0.4, -0.2) is 177 Å². The fourth-order valence-corrected chi connectivity index (χ4v) is 20.7. The van der Waals surface area contributed by atoms with E-state index in [0.29, 0.717) is 168 Å². The summed E-state index contributed by atoms with van der Waals surface area (Å²) in [5, 5.41) is 26.4. The molecule has 130 heavy (non-hydrogen) atoms. The molecule has 0 amide bonds.